The fourth-order valence-electron chi connectivity index (χ4n) is 1.89. The molecule has 2 amide bonds. The maximum absolute atomic E-state index is 12.2. The Balaban J connectivity index is 2.23. The maximum Gasteiger partial charge on any atom is 0.254 e. The van der Waals surface area contributed by atoms with Crippen molar-refractivity contribution in [2.75, 3.05) is 19.8 Å². The number of phenols is 1. The van der Waals surface area contributed by atoms with Gasteiger partial charge in [-0.25, -0.2) is 0 Å². The molecule has 6 nitrogen and oxygen atoms in total. The number of rotatable bonds is 2. The second kappa shape index (κ2) is 5.05. The Bertz CT molecular complexity index is 475. The first-order valence-corrected chi connectivity index (χ1v) is 5.56. The van der Waals surface area contributed by atoms with Gasteiger partial charge in [0.15, 0.2) is 0 Å². The fraction of sp³-hybridized carbons (Fsp3) is 0.333. The Morgan fingerprint density at radius 1 is 1.44 bits per heavy atom. The summed E-state index contributed by atoms with van der Waals surface area (Å²) in [5, 5.41) is 9.35. The van der Waals surface area contributed by atoms with E-state index < -0.39 is 11.9 Å². The third kappa shape index (κ3) is 2.43. The van der Waals surface area contributed by atoms with Crippen LogP contribution in [0.25, 0.3) is 0 Å². The van der Waals surface area contributed by atoms with Gasteiger partial charge >= 0.3 is 0 Å². The number of morpholine rings is 1. The van der Waals surface area contributed by atoms with Crippen molar-refractivity contribution in [2.45, 2.75) is 6.04 Å². The molecule has 6 heteroatoms. The van der Waals surface area contributed by atoms with Crippen molar-refractivity contribution in [1.29, 1.82) is 0 Å². The van der Waals surface area contributed by atoms with Gasteiger partial charge in [0.1, 0.15) is 11.8 Å². The molecule has 1 aromatic carbocycles. The predicted molar refractivity (Wildman–Crippen MR) is 62.9 cm³/mol. The lowest BCUT2D eigenvalue weighted by Gasteiger charge is -2.33. The van der Waals surface area contributed by atoms with Gasteiger partial charge in [-0.05, 0) is 18.2 Å². The van der Waals surface area contributed by atoms with Gasteiger partial charge in [-0.1, -0.05) is 6.07 Å². The molecule has 1 aliphatic rings. The van der Waals surface area contributed by atoms with Crippen molar-refractivity contribution >= 4 is 11.8 Å². The minimum absolute atomic E-state index is 0.00438. The van der Waals surface area contributed by atoms with E-state index in [0.717, 1.165) is 0 Å². The number of nitrogens with zero attached hydrogens (tertiary/aromatic N) is 1. The number of benzene rings is 1. The number of phenolic OH excluding ortho intramolecular Hbond substituents is 1. The van der Waals surface area contributed by atoms with Gasteiger partial charge in [0.2, 0.25) is 5.91 Å². The molecule has 1 aromatic rings. The standard InChI is InChI=1S/C12H14N2O4/c13-11(16)10-7-18-5-4-14(10)12(17)8-2-1-3-9(15)6-8/h1-3,6,10,15H,4-5,7H2,(H2,13,16). The Hall–Kier alpha value is -2.08. The Labute approximate surface area is 104 Å². The van der Waals surface area contributed by atoms with Crippen LogP contribution in [0.4, 0.5) is 0 Å². The molecule has 18 heavy (non-hydrogen) atoms. The molecule has 0 spiro atoms. The van der Waals surface area contributed by atoms with Crippen molar-refractivity contribution in [1.82, 2.24) is 4.90 Å². The maximum atomic E-state index is 12.2. The lowest BCUT2D eigenvalue weighted by molar-refractivity contribution is -0.127. The van der Waals surface area contributed by atoms with Gasteiger partial charge in [-0.2, -0.15) is 0 Å². The SMILES string of the molecule is NC(=O)C1COCCN1C(=O)c1cccc(O)c1. The van der Waals surface area contributed by atoms with E-state index in [0.29, 0.717) is 18.7 Å². The van der Waals surface area contributed by atoms with Gasteiger partial charge in [0.25, 0.3) is 5.91 Å². The molecule has 1 aliphatic heterocycles. The molecule has 1 saturated heterocycles. The average molecular weight is 250 g/mol. The third-order valence-corrected chi connectivity index (χ3v) is 2.81. The molecule has 1 atom stereocenters. The summed E-state index contributed by atoms with van der Waals surface area (Å²) in [5.41, 5.74) is 5.56. The summed E-state index contributed by atoms with van der Waals surface area (Å²) in [6, 6.07) is 5.23. The summed E-state index contributed by atoms with van der Waals surface area (Å²) >= 11 is 0. The monoisotopic (exact) mass is 250 g/mol. The van der Waals surface area contributed by atoms with Gasteiger partial charge in [0.05, 0.1) is 13.2 Å². The van der Waals surface area contributed by atoms with Crippen LogP contribution < -0.4 is 5.73 Å². The van der Waals surface area contributed by atoms with Crippen LogP contribution in [-0.2, 0) is 9.53 Å². The zero-order valence-electron chi connectivity index (χ0n) is 9.70. The van der Waals surface area contributed by atoms with Crippen molar-refractivity contribution in [3.05, 3.63) is 29.8 Å². The van der Waals surface area contributed by atoms with Crippen molar-refractivity contribution in [3.63, 3.8) is 0 Å². The number of ether oxygens (including phenoxy) is 1. The summed E-state index contributed by atoms with van der Waals surface area (Å²) in [6.45, 7) is 0.788. The van der Waals surface area contributed by atoms with Crippen LogP contribution in [0, 0.1) is 0 Å². The zero-order valence-corrected chi connectivity index (χ0v) is 9.70. The third-order valence-electron chi connectivity index (χ3n) is 2.81. The fourth-order valence-corrected chi connectivity index (χ4v) is 1.89. The number of hydrogen-bond acceptors (Lipinski definition) is 4. The lowest BCUT2D eigenvalue weighted by Crippen LogP contribution is -2.54. The predicted octanol–water partition coefficient (Wildman–Crippen LogP) is -0.281. The lowest BCUT2D eigenvalue weighted by atomic mass is 10.1. The Morgan fingerprint density at radius 3 is 2.89 bits per heavy atom. The van der Waals surface area contributed by atoms with E-state index in [1.807, 2.05) is 0 Å². The zero-order chi connectivity index (χ0) is 13.1. The number of primary amides is 1. The van der Waals surface area contributed by atoms with Crippen molar-refractivity contribution < 1.29 is 19.4 Å². The van der Waals surface area contributed by atoms with Gasteiger partial charge in [-0.15, -0.1) is 0 Å². The summed E-state index contributed by atoms with van der Waals surface area (Å²) in [4.78, 5) is 24.9. The quantitative estimate of drug-likeness (QED) is 0.755. The first kappa shape index (κ1) is 12.4. The minimum atomic E-state index is -0.756. The average Bonchev–Trinajstić information content (AvgIpc) is 2.38. The van der Waals surface area contributed by atoms with E-state index in [9.17, 15) is 14.7 Å². The molecular formula is C12H14N2O4. The van der Waals surface area contributed by atoms with Crippen LogP contribution in [0.5, 0.6) is 5.75 Å². The first-order valence-electron chi connectivity index (χ1n) is 5.56. The van der Waals surface area contributed by atoms with Crippen LogP contribution in [0.15, 0.2) is 24.3 Å². The highest BCUT2D eigenvalue weighted by Gasteiger charge is 2.31. The van der Waals surface area contributed by atoms with Gasteiger partial charge in [0, 0.05) is 12.1 Å². The number of amides is 2. The van der Waals surface area contributed by atoms with Gasteiger partial charge < -0.3 is 20.5 Å². The smallest absolute Gasteiger partial charge is 0.254 e. The molecule has 2 rings (SSSR count). The number of aromatic hydroxyl groups is 1. The van der Waals surface area contributed by atoms with Crippen LogP contribution in [0.3, 0.4) is 0 Å². The first-order chi connectivity index (χ1) is 8.59. The Morgan fingerprint density at radius 2 is 2.22 bits per heavy atom. The van der Waals surface area contributed by atoms with Crippen LogP contribution >= 0.6 is 0 Å². The highest BCUT2D eigenvalue weighted by atomic mass is 16.5. The number of hydrogen-bond donors (Lipinski definition) is 2. The molecule has 0 saturated carbocycles. The summed E-state index contributed by atoms with van der Waals surface area (Å²) < 4.78 is 5.14. The van der Waals surface area contributed by atoms with E-state index >= 15 is 0 Å². The van der Waals surface area contributed by atoms with E-state index in [1.165, 1.54) is 17.0 Å². The molecule has 1 unspecified atom stereocenters. The molecular weight excluding hydrogens is 236 g/mol. The number of carbonyl (C=O) groups excluding carboxylic acids is 2. The molecule has 1 fully saturated rings. The molecule has 0 radical (unpaired) electrons. The summed E-state index contributed by atoms with van der Waals surface area (Å²) in [5.74, 6) is -0.925. The Kier molecular flexibility index (Phi) is 3.47. The van der Waals surface area contributed by atoms with E-state index in [-0.39, 0.29) is 18.3 Å². The molecule has 0 aromatic heterocycles. The van der Waals surface area contributed by atoms with E-state index in [4.69, 9.17) is 10.5 Å². The second-order valence-electron chi connectivity index (χ2n) is 4.04. The van der Waals surface area contributed by atoms with E-state index in [2.05, 4.69) is 0 Å². The van der Waals surface area contributed by atoms with Crippen molar-refractivity contribution in [3.8, 4) is 5.75 Å². The normalized spacial score (nSPS) is 19.6. The highest BCUT2D eigenvalue weighted by Crippen LogP contribution is 2.16. The molecule has 0 bridgehead atoms. The molecule has 0 aliphatic carbocycles. The van der Waals surface area contributed by atoms with Crippen LogP contribution in [0.2, 0.25) is 0 Å². The minimum Gasteiger partial charge on any atom is -0.508 e. The number of nitrogens with two attached hydrogens (primary N) is 1. The van der Waals surface area contributed by atoms with Crippen LogP contribution in [-0.4, -0.2) is 47.6 Å². The topological polar surface area (TPSA) is 92.9 Å². The molecule has 1 heterocycles. The second-order valence-corrected chi connectivity index (χ2v) is 4.04. The number of carbonyl (C=O) groups is 2. The summed E-state index contributed by atoms with van der Waals surface area (Å²) in [7, 11) is 0. The van der Waals surface area contributed by atoms with Crippen LogP contribution in [0.1, 0.15) is 10.4 Å². The largest absolute Gasteiger partial charge is 0.508 e. The highest BCUT2D eigenvalue weighted by molar-refractivity contribution is 5.97. The van der Waals surface area contributed by atoms with Crippen molar-refractivity contribution in [2.24, 2.45) is 5.73 Å². The molecule has 96 valence electrons. The van der Waals surface area contributed by atoms with Gasteiger partial charge in [-0.3, -0.25) is 9.59 Å². The molecule has 3 N–H and O–H groups in total. The van der Waals surface area contributed by atoms with E-state index in [1.54, 1.807) is 12.1 Å². The summed E-state index contributed by atoms with van der Waals surface area (Å²) in [6.07, 6.45) is 0.